The number of hydrogen-bond acceptors (Lipinski definition) is 25. The number of carboxylic acid groups (broad SMARTS) is 1. The van der Waals surface area contributed by atoms with Crippen molar-refractivity contribution in [3.05, 3.63) is 55.1 Å². The number of aliphatic carboxylic acids is 1. The molecule has 13 atom stereocenters. The van der Waals surface area contributed by atoms with Gasteiger partial charge in [0.05, 0.1) is 44.9 Å². The summed E-state index contributed by atoms with van der Waals surface area (Å²) in [5.41, 5.74) is 12.1. The van der Waals surface area contributed by atoms with Gasteiger partial charge < -0.3 is 80.5 Å². The van der Waals surface area contributed by atoms with Crippen LogP contribution >= 0.6 is 13.4 Å². The first-order valence-electron chi connectivity index (χ1n) is 28.7. The Kier molecular flexibility index (Phi) is 24.1. The van der Waals surface area contributed by atoms with Crippen LogP contribution in [0.15, 0.2) is 49.6 Å². The number of primary amides is 1. The normalized spacial score (nSPS) is 24.8. The Bertz CT molecular complexity index is 3660. The number of benzene rings is 1. The van der Waals surface area contributed by atoms with Gasteiger partial charge in [-0.15, -0.1) is 0 Å². The van der Waals surface area contributed by atoms with Crippen molar-refractivity contribution in [2.24, 2.45) is 23.5 Å². The summed E-state index contributed by atoms with van der Waals surface area (Å²) >= 11 is 10.5. The number of alkyl halides is 2. The van der Waals surface area contributed by atoms with Crippen LogP contribution in [0.2, 0.25) is 0 Å². The van der Waals surface area contributed by atoms with Gasteiger partial charge in [0.25, 0.3) is 0 Å². The van der Waals surface area contributed by atoms with Gasteiger partial charge >= 0.3 is 37.6 Å². The molecule has 12 N–H and O–H groups in total. The van der Waals surface area contributed by atoms with E-state index in [-0.39, 0.29) is 98.9 Å². The highest BCUT2D eigenvalue weighted by Gasteiger charge is 2.54. The summed E-state index contributed by atoms with van der Waals surface area (Å²) in [4.78, 5) is 149. The molecule has 7 amide bonds. The molecular weight excluding hydrogens is 1320 g/mol. The number of likely N-dealkylation sites (N-methyl/N-ethyl adjacent to an activating group) is 1. The van der Waals surface area contributed by atoms with Crippen LogP contribution < -0.4 is 38.1 Å². The minimum Gasteiger partial charge on any atom is -0.481 e. The molecule has 4 bridgehead atoms. The fraction of sp³-hybridized carbons (Fsp3) is 0.538. The number of carbonyl (C=O) groups is 8. The molecule has 3 fully saturated rings. The molecular formula is C52H68F2N16O19P2S2. The quantitative estimate of drug-likeness (QED) is 0.0296. The third-order valence-corrected chi connectivity index (χ3v) is 17.8. The molecule has 3 unspecified atom stereocenters. The molecule has 4 aromatic heterocycles. The second-order valence-electron chi connectivity index (χ2n) is 21.9. The minimum absolute atomic E-state index is 0.00416. The smallest absolute Gasteiger partial charge is 0.412 e. The third-order valence-electron chi connectivity index (χ3n) is 14.7. The van der Waals surface area contributed by atoms with Crippen molar-refractivity contribution in [3.63, 3.8) is 0 Å². The van der Waals surface area contributed by atoms with E-state index in [1.165, 1.54) is 29.4 Å². The summed E-state index contributed by atoms with van der Waals surface area (Å²) in [5.74, 6) is -5.55. The van der Waals surface area contributed by atoms with Crippen LogP contribution in [-0.2, 0) is 91.2 Å². The Morgan fingerprint density at radius 2 is 1.38 bits per heavy atom. The Morgan fingerprint density at radius 3 is 1.97 bits per heavy atom. The first-order chi connectivity index (χ1) is 44.1. The largest absolute Gasteiger partial charge is 0.481 e. The first-order valence-corrected chi connectivity index (χ1v) is 33.8. The van der Waals surface area contributed by atoms with Gasteiger partial charge in [0, 0.05) is 50.5 Å². The van der Waals surface area contributed by atoms with Crippen molar-refractivity contribution in [2.75, 3.05) is 62.9 Å². The zero-order valence-corrected chi connectivity index (χ0v) is 53.5. The van der Waals surface area contributed by atoms with E-state index >= 15 is 8.78 Å². The number of imidazole rings is 2. The number of ether oxygens (including phenoxy) is 4. The zero-order chi connectivity index (χ0) is 67.5. The standard InChI is InChI=1S/C52H68F2N16O19P2S2/c1-25(2)37(66-33(72)11-13-57-46(75)26(3)16-34(73)74)30(71)17-28(6-5-12-58-50(56)77)47(76)65-29-9-7-27(8-10-29)18-83-52(79)68(4)14-15-82-51(78)67-43-39-45(62-22-60-43)70(24-64-39)49-41-36(54)32(87-49)20-85-90(80,92)88-40-35(53)31(19-84-91(81,93)89-41)86-48(40)69-23-63-38-42(55)59-21-61-44(38)69/h7-10,21-26,28,31-32,35-37,40-41,48-49H,5-6,11-20H2,1-4H3,(H,57,75)(H,65,76)(H,66,72)(H,73,74)(H,80,92)(H,81,93)(H2,55,59,61)(H3,56,58,77)(H,60,62,67,78)/t26?,28-,31-,32-,35-,36-,37+,40-,41-,48-,49-,90?,91?/m1/s1. The number of anilines is 3. The van der Waals surface area contributed by atoms with E-state index < -0.39 is 147 Å². The number of urea groups is 1. The maximum atomic E-state index is 16.5. The molecule has 7 heterocycles. The van der Waals surface area contributed by atoms with Gasteiger partial charge in [-0.1, -0.05) is 32.9 Å². The molecule has 8 rings (SSSR count). The van der Waals surface area contributed by atoms with Gasteiger partial charge in [-0.05, 0) is 60.1 Å². The Morgan fingerprint density at radius 1 is 0.785 bits per heavy atom. The van der Waals surface area contributed by atoms with Crippen molar-refractivity contribution in [1.29, 1.82) is 0 Å². The molecule has 0 aliphatic carbocycles. The molecule has 41 heteroatoms. The number of nitrogens with one attached hydrogen (secondary N) is 5. The molecule has 35 nitrogen and oxygen atoms in total. The van der Waals surface area contributed by atoms with E-state index in [4.69, 9.17) is 77.2 Å². The maximum Gasteiger partial charge on any atom is 0.412 e. The summed E-state index contributed by atoms with van der Waals surface area (Å²) in [5, 5.41) is 21.8. The summed E-state index contributed by atoms with van der Waals surface area (Å²) in [6, 6.07) is 4.47. The number of hydrogen-bond donors (Lipinski definition) is 10. The number of amides is 7. The van der Waals surface area contributed by atoms with Gasteiger partial charge in [-0.2, -0.15) is 0 Å². The number of halogens is 2. The van der Waals surface area contributed by atoms with Crippen molar-refractivity contribution < 1.29 is 99.1 Å². The van der Waals surface area contributed by atoms with Crippen molar-refractivity contribution in [3.8, 4) is 0 Å². The van der Waals surface area contributed by atoms with Crippen molar-refractivity contribution >= 4 is 124 Å². The molecule has 506 valence electrons. The highest BCUT2D eigenvalue weighted by molar-refractivity contribution is 8.07. The summed E-state index contributed by atoms with van der Waals surface area (Å²) in [6.07, 6.45) is -11.8. The number of Topliss-reactive ketones (excluding diaryl/α,β-unsaturated/α-hetero) is 1. The fourth-order valence-electron chi connectivity index (χ4n) is 9.85. The van der Waals surface area contributed by atoms with Crippen LogP contribution in [0.3, 0.4) is 0 Å². The van der Waals surface area contributed by atoms with Crippen LogP contribution in [-0.4, -0.2) is 196 Å². The van der Waals surface area contributed by atoms with Crippen molar-refractivity contribution in [2.45, 2.75) is 115 Å². The number of carbonyl (C=O) groups excluding carboxylic acids is 7. The highest BCUT2D eigenvalue weighted by atomic mass is 32.5. The molecule has 5 aromatic rings. The SMILES string of the molecule is CC(CC(=O)O)C(=O)NCCC(=O)N[C@H](C(=O)C[C@@H](CCCNC(N)=O)C(=O)Nc1ccc(COC(=O)N(C)CCOC(=O)Nc2ncnc3c2ncn3[C@@H]2O[C@@H]3COP(O)(=S)O[C@@H]4[C@H](F)[C@@H](COP(O)(=S)O[C@@H]2[C@@H]3F)O[C@H]4n2cnc3c(N)ncnc32)cc1)C(C)C. The third kappa shape index (κ3) is 18.8. The predicted octanol–water partition coefficient (Wildman–Crippen LogP) is 2.51. The Balaban J connectivity index is 0.812. The van der Waals surface area contributed by atoms with E-state index in [0.29, 0.717) is 11.3 Å². The molecule has 3 aliphatic heterocycles. The predicted molar refractivity (Wildman–Crippen MR) is 326 cm³/mol. The van der Waals surface area contributed by atoms with Crippen LogP contribution in [0.1, 0.15) is 70.9 Å². The molecule has 0 radical (unpaired) electrons. The van der Waals surface area contributed by atoms with Gasteiger partial charge in [0.1, 0.15) is 55.8 Å². The number of ketones is 1. The zero-order valence-electron chi connectivity index (χ0n) is 50.1. The number of fused-ring (bicyclic) bond motifs is 6. The first kappa shape index (κ1) is 71.2. The van der Waals surface area contributed by atoms with E-state index in [9.17, 15) is 48.1 Å². The lowest BCUT2D eigenvalue weighted by atomic mass is 9.89. The monoisotopic (exact) mass is 1380 g/mol. The molecule has 0 saturated carbocycles. The number of nitrogen functional groups attached to an aromatic ring is 1. The molecule has 93 heavy (non-hydrogen) atoms. The second-order valence-corrected chi connectivity index (χ2v) is 27.5. The number of rotatable bonds is 25. The van der Waals surface area contributed by atoms with E-state index in [0.717, 1.165) is 23.9 Å². The van der Waals surface area contributed by atoms with E-state index in [1.54, 1.807) is 38.1 Å². The van der Waals surface area contributed by atoms with E-state index in [2.05, 4.69) is 56.5 Å². The molecule has 3 aliphatic rings. The Hall–Kier alpha value is -7.68. The van der Waals surface area contributed by atoms with Gasteiger partial charge in [-0.3, -0.25) is 47.5 Å². The highest BCUT2D eigenvalue weighted by Crippen LogP contribution is 2.55. The fourth-order valence-corrected chi connectivity index (χ4v) is 12.7. The average molecular weight is 1390 g/mol. The topological polar surface area (TPSA) is 474 Å². The lowest BCUT2D eigenvalue weighted by Gasteiger charge is -2.27. The number of aromatic nitrogens is 8. The second kappa shape index (κ2) is 31.5. The maximum absolute atomic E-state index is 16.5. The molecule has 1 aromatic carbocycles. The number of nitrogens with two attached hydrogens (primary N) is 2. The van der Waals surface area contributed by atoms with Gasteiger partial charge in [0.15, 0.2) is 59.0 Å². The summed E-state index contributed by atoms with van der Waals surface area (Å²) in [7, 11) is 1.39. The van der Waals surface area contributed by atoms with Crippen LogP contribution in [0.5, 0.6) is 0 Å². The average Bonchev–Trinajstić information content (AvgIpc) is 1.63. The molecule has 3 saturated heterocycles. The van der Waals surface area contributed by atoms with Crippen molar-refractivity contribution in [1.82, 2.24) is 59.9 Å². The molecule has 0 spiro atoms. The van der Waals surface area contributed by atoms with E-state index in [1.807, 2.05) is 0 Å². The van der Waals surface area contributed by atoms with Gasteiger partial charge in [-0.25, -0.2) is 53.1 Å². The Labute approximate surface area is 537 Å². The van der Waals surface area contributed by atoms with Crippen LogP contribution in [0.25, 0.3) is 22.3 Å². The van der Waals surface area contributed by atoms with Crippen LogP contribution in [0, 0.1) is 17.8 Å². The number of nitrogens with zero attached hydrogens (tertiary/aromatic N) is 9. The minimum atomic E-state index is -4.51. The van der Waals surface area contributed by atoms with Gasteiger partial charge in [0.2, 0.25) is 17.7 Å². The lowest BCUT2D eigenvalue weighted by Crippen LogP contribution is -2.46. The van der Waals surface area contributed by atoms with Crippen LogP contribution in [0.4, 0.5) is 40.5 Å². The summed E-state index contributed by atoms with van der Waals surface area (Å²) < 4.78 is 80.4. The number of carboxylic acids is 1. The summed E-state index contributed by atoms with van der Waals surface area (Å²) in [6.45, 7) is -6.41. The lowest BCUT2D eigenvalue weighted by molar-refractivity contribution is -0.140.